The topological polar surface area (TPSA) is 55.4 Å². The van der Waals surface area contributed by atoms with Crippen LogP contribution in [0.25, 0.3) is 0 Å². The zero-order valence-corrected chi connectivity index (χ0v) is 12.4. The zero-order valence-electron chi connectivity index (χ0n) is 12.4. The molecule has 0 fully saturated rings. The molecule has 2 rings (SSSR count). The van der Waals surface area contributed by atoms with Crippen LogP contribution in [0.4, 0.5) is 13.2 Å². The summed E-state index contributed by atoms with van der Waals surface area (Å²) in [4.78, 5) is 24.1. The monoisotopic (exact) mass is 315 g/mol. The summed E-state index contributed by atoms with van der Waals surface area (Å²) in [5.74, 6) is -2.59. The van der Waals surface area contributed by atoms with Crippen molar-refractivity contribution in [2.45, 2.75) is 45.0 Å². The van der Waals surface area contributed by atoms with Crippen LogP contribution in [0.3, 0.4) is 0 Å². The van der Waals surface area contributed by atoms with Crippen molar-refractivity contribution in [1.82, 2.24) is 5.32 Å². The number of hydrogen-bond donors (Lipinski definition) is 1. The Balaban J connectivity index is 2.39. The maximum Gasteiger partial charge on any atom is 0.416 e. The van der Waals surface area contributed by atoms with Gasteiger partial charge in [-0.2, -0.15) is 13.2 Å². The first-order chi connectivity index (χ1) is 9.99. The lowest BCUT2D eigenvalue weighted by molar-refractivity contribution is -0.159. The van der Waals surface area contributed by atoms with E-state index >= 15 is 0 Å². The Labute approximate surface area is 125 Å². The first-order valence-corrected chi connectivity index (χ1v) is 6.69. The van der Waals surface area contributed by atoms with E-state index in [-0.39, 0.29) is 17.7 Å². The van der Waals surface area contributed by atoms with Gasteiger partial charge in [0.05, 0.1) is 5.56 Å². The van der Waals surface area contributed by atoms with Gasteiger partial charge >= 0.3 is 12.1 Å². The van der Waals surface area contributed by atoms with Crippen molar-refractivity contribution in [2.24, 2.45) is 0 Å². The van der Waals surface area contributed by atoms with Crippen LogP contribution in [-0.4, -0.2) is 17.5 Å². The third-order valence-corrected chi connectivity index (χ3v) is 3.14. The number of rotatable bonds is 1. The maximum atomic E-state index is 12.7. The highest BCUT2D eigenvalue weighted by molar-refractivity contribution is 6.04. The van der Waals surface area contributed by atoms with Gasteiger partial charge in [-0.25, -0.2) is 0 Å². The van der Waals surface area contributed by atoms with E-state index in [2.05, 4.69) is 5.32 Å². The molecule has 1 N–H and O–H groups in total. The van der Waals surface area contributed by atoms with Crippen molar-refractivity contribution in [3.05, 3.63) is 34.9 Å². The quantitative estimate of drug-likeness (QED) is 0.640. The third-order valence-electron chi connectivity index (χ3n) is 3.14. The van der Waals surface area contributed by atoms with E-state index in [1.54, 1.807) is 20.8 Å². The highest BCUT2D eigenvalue weighted by Gasteiger charge is 2.38. The molecule has 0 radical (unpaired) electrons. The van der Waals surface area contributed by atoms with Crippen LogP contribution < -0.4 is 5.32 Å². The van der Waals surface area contributed by atoms with Gasteiger partial charge < -0.3 is 10.1 Å². The molecule has 1 atom stereocenters. The number of nitrogens with one attached hydrogen (secondary N) is 1. The van der Waals surface area contributed by atoms with Crippen molar-refractivity contribution in [3.8, 4) is 0 Å². The number of fused-ring (bicyclic) bond motifs is 1. The molecule has 1 amide bonds. The lowest BCUT2D eigenvalue weighted by atomic mass is 9.88. The van der Waals surface area contributed by atoms with Crippen molar-refractivity contribution in [1.29, 1.82) is 0 Å². The SMILES string of the molecule is CC(C)(C)OC(=O)C1C(=O)NCc2cc(C(F)(F)F)ccc21. The molecule has 0 bridgehead atoms. The van der Waals surface area contributed by atoms with Crippen molar-refractivity contribution in [3.63, 3.8) is 0 Å². The first-order valence-electron chi connectivity index (χ1n) is 6.69. The number of alkyl halides is 3. The normalized spacial score (nSPS) is 18.5. The summed E-state index contributed by atoms with van der Waals surface area (Å²) in [7, 11) is 0. The summed E-state index contributed by atoms with van der Waals surface area (Å²) >= 11 is 0. The molecule has 0 aromatic heterocycles. The van der Waals surface area contributed by atoms with Crippen molar-refractivity contribution in [2.75, 3.05) is 0 Å². The van der Waals surface area contributed by atoms with Crippen molar-refractivity contribution < 1.29 is 27.5 Å². The molecule has 0 aliphatic carbocycles. The molecule has 0 saturated carbocycles. The van der Waals surface area contributed by atoms with Gasteiger partial charge in [0.25, 0.3) is 0 Å². The van der Waals surface area contributed by atoms with Crippen LogP contribution in [0.2, 0.25) is 0 Å². The number of ether oxygens (including phenoxy) is 1. The lowest BCUT2D eigenvalue weighted by Gasteiger charge is -2.28. The standard InChI is InChI=1S/C15H16F3NO3/c1-14(2,3)22-13(21)11-10-5-4-9(15(16,17)18)6-8(10)7-19-12(11)20/h4-6,11H,7H2,1-3H3,(H,19,20). The molecule has 1 aliphatic rings. The highest BCUT2D eigenvalue weighted by Crippen LogP contribution is 2.34. The largest absolute Gasteiger partial charge is 0.459 e. The lowest BCUT2D eigenvalue weighted by Crippen LogP contribution is -2.41. The molecule has 1 aromatic rings. The van der Waals surface area contributed by atoms with E-state index in [1.165, 1.54) is 6.07 Å². The minimum atomic E-state index is -4.47. The van der Waals surface area contributed by atoms with E-state index in [9.17, 15) is 22.8 Å². The van der Waals surface area contributed by atoms with E-state index in [0.29, 0.717) is 0 Å². The van der Waals surface area contributed by atoms with Gasteiger partial charge in [0.2, 0.25) is 5.91 Å². The fourth-order valence-electron chi connectivity index (χ4n) is 2.24. The van der Waals surface area contributed by atoms with E-state index in [0.717, 1.165) is 12.1 Å². The molecule has 7 heteroatoms. The van der Waals surface area contributed by atoms with Gasteiger partial charge in [-0.05, 0) is 44.0 Å². The molecule has 4 nitrogen and oxygen atoms in total. The Morgan fingerprint density at radius 1 is 1.27 bits per heavy atom. The second-order valence-corrected chi connectivity index (χ2v) is 6.10. The van der Waals surface area contributed by atoms with Crippen molar-refractivity contribution >= 4 is 11.9 Å². The molecule has 1 aromatic carbocycles. The fraction of sp³-hybridized carbons (Fsp3) is 0.467. The smallest absolute Gasteiger partial charge is 0.416 e. The van der Waals surface area contributed by atoms with Crippen LogP contribution in [-0.2, 0) is 27.0 Å². The van der Waals surface area contributed by atoms with E-state index in [4.69, 9.17) is 4.74 Å². The van der Waals surface area contributed by atoms with Gasteiger partial charge in [-0.1, -0.05) is 6.07 Å². The van der Waals surface area contributed by atoms with Crippen LogP contribution in [0.1, 0.15) is 43.4 Å². The van der Waals surface area contributed by atoms with Crippen LogP contribution in [0, 0.1) is 0 Å². The third kappa shape index (κ3) is 3.40. The van der Waals surface area contributed by atoms with Crippen LogP contribution in [0.15, 0.2) is 18.2 Å². The zero-order chi connectivity index (χ0) is 16.7. The summed E-state index contributed by atoms with van der Waals surface area (Å²) < 4.78 is 43.4. The molecule has 1 unspecified atom stereocenters. The second-order valence-electron chi connectivity index (χ2n) is 6.10. The molecular formula is C15H16F3NO3. The summed E-state index contributed by atoms with van der Waals surface area (Å²) in [5, 5.41) is 2.43. The van der Waals surface area contributed by atoms with Gasteiger partial charge in [-0.15, -0.1) is 0 Å². The molecule has 1 heterocycles. The van der Waals surface area contributed by atoms with Crippen LogP contribution in [0.5, 0.6) is 0 Å². The number of carbonyl (C=O) groups is 2. The molecule has 22 heavy (non-hydrogen) atoms. The minimum Gasteiger partial charge on any atom is -0.459 e. The predicted octanol–water partition coefficient (Wildman–Crippen LogP) is 2.76. The van der Waals surface area contributed by atoms with Gasteiger partial charge in [0.1, 0.15) is 5.60 Å². The first kappa shape index (κ1) is 16.3. The number of esters is 1. The number of benzene rings is 1. The number of halogens is 3. The summed E-state index contributed by atoms with van der Waals surface area (Å²) in [6.07, 6.45) is -4.47. The van der Waals surface area contributed by atoms with Crippen LogP contribution >= 0.6 is 0 Å². The maximum absolute atomic E-state index is 12.7. The highest BCUT2D eigenvalue weighted by atomic mass is 19.4. The molecular weight excluding hydrogens is 299 g/mol. The predicted molar refractivity (Wildman–Crippen MR) is 71.9 cm³/mol. The summed E-state index contributed by atoms with van der Waals surface area (Å²) in [5.41, 5.74) is -1.08. The second kappa shape index (κ2) is 5.30. The van der Waals surface area contributed by atoms with Gasteiger partial charge in [0.15, 0.2) is 5.92 Å². The number of carbonyl (C=O) groups excluding carboxylic acids is 2. The average Bonchev–Trinajstić information content (AvgIpc) is 2.34. The molecule has 0 spiro atoms. The van der Waals surface area contributed by atoms with Gasteiger partial charge in [0, 0.05) is 6.54 Å². The summed E-state index contributed by atoms with van der Waals surface area (Å²) in [6.45, 7) is 4.91. The Bertz CT molecular complexity index is 617. The van der Waals surface area contributed by atoms with Gasteiger partial charge in [-0.3, -0.25) is 9.59 Å². The Morgan fingerprint density at radius 3 is 2.45 bits per heavy atom. The minimum absolute atomic E-state index is 0.0443. The fourth-order valence-corrected chi connectivity index (χ4v) is 2.24. The number of amides is 1. The summed E-state index contributed by atoms with van der Waals surface area (Å²) in [6, 6.07) is 2.99. The molecule has 0 saturated heterocycles. The Morgan fingerprint density at radius 2 is 1.91 bits per heavy atom. The molecule has 1 aliphatic heterocycles. The number of hydrogen-bond acceptors (Lipinski definition) is 3. The Hall–Kier alpha value is -2.05. The van der Waals surface area contributed by atoms with E-state index < -0.39 is 35.1 Å². The Kier molecular flexibility index (Phi) is 3.93. The van der Waals surface area contributed by atoms with E-state index in [1.807, 2.05) is 0 Å². The molecule has 120 valence electrons. The average molecular weight is 315 g/mol.